The zero-order valence-corrected chi connectivity index (χ0v) is 13.5. The second-order valence-corrected chi connectivity index (χ2v) is 7.21. The Kier molecular flexibility index (Phi) is 4.64. The van der Waals surface area contributed by atoms with Crippen LogP contribution in [0, 0.1) is 17.3 Å². The molecule has 1 fully saturated rings. The molecule has 0 spiro atoms. The topological polar surface area (TPSA) is 21.3 Å². The summed E-state index contributed by atoms with van der Waals surface area (Å²) in [6.07, 6.45) is -2.34. The smallest absolute Gasteiger partial charge is 0.406 e. The lowest BCUT2D eigenvalue weighted by atomic mass is 9.65. The van der Waals surface area contributed by atoms with Crippen LogP contribution >= 0.6 is 0 Å². The quantitative estimate of drug-likeness (QED) is 0.800. The van der Waals surface area contributed by atoms with Gasteiger partial charge in [0.2, 0.25) is 0 Å². The zero-order chi connectivity index (χ0) is 16.5. The Labute approximate surface area is 130 Å². The van der Waals surface area contributed by atoms with Crippen molar-refractivity contribution in [2.75, 3.05) is 5.32 Å². The van der Waals surface area contributed by atoms with Gasteiger partial charge in [-0.15, -0.1) is 13.2 Å². The van der Waals surface area contributed by atoms with Gasteiger partial charge in [-0.3, -0.25) is 0 Å². The van der Waals surface area contributed by atoms with Crippen molar-refractivity contribution in [2.45, 2.75) is 52.9 Å². The molecule has 2 nitrogen and oxygen atoms in total. The minimum atomic E-state index is -4.65. The summed E-state index contributed by atoms with van der Waals surface area (Å²) in [6.45, 7) is 9.00. The Morgan fingerprint density at radius 1 is 1.14 bits per heavy atom. The Morgan fingerprint density at radius 2 is 1.73 bits per heavy atom. The van der Waals surface area contributed by atoms with Gasteiger partial charge in [-0.25, -0.2) is 0 Å². The van der Waals surface area contributed by atoms with E-state index in [2.05, 4.69) is 37.7 Å². The molecular formula is C17H24F3NO. The summed E-state index contributed by atoms with van der Waals surface area (Å²) in [5, 5.41) is 3.49. The van der Waals surface area contributed by atoms with Crippen molar-refractivity contribution in [2.24, 2.45) is 17.3 Å². The summed E-state index contributed by atoms with van der Waals surface area (Å²) in [5.74, 6) is 1.03. The molecular weight excluding hydrogens is 291 g/mol. The summed E-state index contributed by atoms with van der Waals surface area (Å²) in [7, 11) is 0. The number of alkyl halides is 3. The molecule has 1 unspecified atom stereocenters. The van der Waals surface area contributed by atoms with E-state index in [1.807, 2.05) is 0 Å². The van der Waals surface area contributed by atoms with E-state index in [9.17, 15) is 13.2 Å². The molecule has 0 saturated heterocycles. The van der Waals surface area contributed by atoms with Gasteiger partial charge in [-0.1, -0.05) is 27.7 Å². The SMILES string of the molecule is CC1C[C@@H](C)[C@H](Nc2ccc(OC(F)(F)F)cc2)C(C)(C)C1. The van der Waals surface area contributed by atoms with E-state index in [4.69, 9.17) is 0 Å². The fourth-order valence-electron chi connectivity index (χ4n) is 3.92. The highest BCUT2D eigenvalue weighted by Crippen LogP contribution is 2.43. The number of ether oxygens (including phenoxy) is 1. The van der Waals surface area contributed by atoms with Crippen LogP contribution in [0.5, 0.6) is 5.75 Å². The van der Waals surface area contributed by atoms with Crippen LogP contribution in [0.4, 0.5) is 18.9 Å². The van der Waals surface area contributed by atoms with Crippen LogP contribution in [0.25, 0.3) is 0 Å². The summed E-state index contributed by atoms with van der Waals surface area (Å²) in [5.41, 5.74) is 0.979. The van der Waals surface area contributed by atoms with Crippen molar-refractivity contribution in [1.29, 1.82) is 0 Å². The van der Waals surface area contributed by atoms with Gasteiger partial charge in [0.05, 0.1) is 0 Å². The van der Waals surface area contributed by atoms with Crippen molar-refractivity contribution in [1.82, 2.24) is 0 Å². The van der Waals surface area contributed by atoms with Crippen LogP contribution in [-0.2, 0) is 0 Å². The lowest BCUT2D eigenvalue weighted by Gasteiger charge is -2.46. The average Bonchev–Trinajstić information content (AvgIpc) is 2.33. The first-order chi connectivity index (χ1) is 10.1. The molecule has 0 aromatic heterocycles. The van der Waals surface area contributed by atoms with Crippen molar-refractivity contribution < 1.29 is 17.9 Å². The molecule has 2 rings (SSSR count). The number of rotatable bonds is 3. The van der Waals surface area contributed by atoms with Gasteiger partial charge in [0.25, 0.3) is 0 Å². The van der Waals surface area contributed by atoms with Crippen LogP contribution in [0.1, 0.15) is 40.5 Å². The molecule has 0 radical (unpaired) electrons. The van der Waals surface area contributed by atoms with Gasteiger partial charge in [-0.2, -0.15) is 0 Å². The Morgan fingerprint density at radius 3 is 2.23 bits per heavy atom. The zero-order valence-electron chi connectivity index (χ0n) is 13.5. The Hall–Kier alpha value is -1.39. The maximum absolute atomic E-state index is 12.2. The van der Waals surface area contributed by atoms with Crippen LogP contribution < -0.4 is 10.1 Å². The predicted molar refractivity (Wildman–Crippen MR) is 81.9 cm³/mol. The summed E-state index contributed by atoms with van der Waals surface area (Å²) < 4.78 is 40.4. The molecule has 0 bridgehead atoms. The molecule has 124 valence electrons. The van der Waals surface area contributed by atoms with Crippen molar-refractivity contribution in [3.63, 3.8) is 0 Å². The largest absolute Gasteiger partial charge is 0.573 e. The molecule has 0 amide bonds. The highest BCUT2D eigenvalue weighted by Gasteiger charge is 2.39. The molecule has 1 aromatic rings. The van der Waals surface area contributed by atoms with E-state index in [1.54, 1.807) is 12.1 Å². The standard InChI is InChI=1S/C17H24F3NO/c1-11-9-12(2)15(16(3,4)10-11)21-13-5-7-14(8-6-13)22-17(18,19)20/h5-8,11-12,15,21H,9-10H2,1-4H3/t11?,12-,15+/m1/s1. The maximum Gasteiger partial charge on any atom is 0.573 e. The minimum Gasteiger partial charge on any atom is -0.406 e. The lowest BCUT2D eigenvalue weighted by Crippen LogP contribution is -2.46. The second kappa shape index (κ2) is 6.01. The first-order valence-corrected chi connectivity index (χ1v) is 7.69. The van der Waals surface area contributed by atoms with Crippen LogP contribution in [-0.4, -0.2) is 12.4 Å². The normalized spacial score (nSPS) is 28.2. The van der Waals surface area contributed by atoms with Gasteiger partial charge in [0, 0.05) is 11.7 Å². The van der Waals surface area contributed by atoms with Gasteiger partial charge in [-0.05, 0) is 54.4 Å². The minimum absolute atomic E-state index is 0.151. The molecule has 5 heteroatoms. The molecule has 1 aliphatic rings. The first-order valence-electron chi connectivity index (χ1n) is 7.69. The molecule has 0 aliphatic heterocycles. The van der Waals surface area contributed by atoms with Crippen LogP contribution in [0.3, 0.4) is 0 Å². The van der Waals surface area contributed by atoms with Gasteiger partial charge >= 0.3 is 6.36 Å². The number of benzene rings is 1. The third kappa shape index (κ3) is 4.31. The van der Waals surface area contributed by atoms with E-state index >= 15 is 0 Å². The monoisotopic (exact) mass is 315 g/mol. The van der Waals surface area contributed by atoms with Gasteiger partial charge in [0.1, 0.15) is 5.75 Å². The molecule has 1 aromatic carbocycles. The summed E-state index contributed by atoms with van der Waals surface area (Å²) >= 11 is 0. The third-order valence-electron chi connectivity index (χ3n) is 4.47. The first kappa shape index (κ1) is 17.0. The molecule has 3 atom stereocenters. The maximum atomic E-state index is 12.2. The predicted octanol–water partition coefficient (Wildman–Crippen LogP) is 5.46. The van der Waals surface area contributed by atoms with E-state index in [0.717, 1.165) is 18.5 Å². The summed E-state index contributed by atoms with van der Waals surface area (Å²) in [4.78, 5) is 0. The average molecular weight is 315 g/mol. The number of nitrogens with one attached hydrogen (secondary N) is 1. The fraction of sp³-hybridized carbons (Fsp3) is 0.647. The Bertz CT molecular complexity index is 496. The van der Waals surface area contributed by atoms with Crippen molar-refractivity contribution in [3.05, 3.63) is 24.3 Å². The van der Waals surface area contributed by atoms with Crippen LogP contribution in [0.2, 0.25) is 0 Å². The van der Waals surface area contributed by atoms with Gasteiger partial charge < -0.3 is 10.1 Å². The summed E-state index contributed by atoms with van der Waals surface area (Å²) in [6, 6.07) is 6.28. The third-order valence-corrected chi connectivity index (χ3v) is 4.47. The number of hydrogen-bond acceptors (Lipinski definition) is 2. The number of anilines is 1. The highest BCUT2D eigenvalue weighted by atomic mass is 19.4. The van der Waals surface area contributed by atoms with E-state index in [0.29, 0.717) is 17.9 Å². The molecule has 1 N–H and O–H groups in total. The van der Waals surface area contributed by atoms with Crippen molar-refractivity contribution >= 4 is 5.69 Å². The number of halogens is 3. The van der Waals surface area contributed by atoms with Crippen molar-refractivity contribution in [3.8, 4) is 5.75 Å². The molecule has 1 aliphatic carbocycles. The van der Waals surface area contributed by atoms with Crippen LogP contribution in [0.15, 0.2) is 24.3 Å². The fourth-order valence-corrected chi connectivity index (χ4v) is 3.92. The van der Waals surface area contributed by atoms with E-state index < -0.39 is 6.36 Å². The molecule has 22 heavy (non-hydrogen) atoms. The van der Waals surface area contributed by atoms with Gasteiger partial charge in [0.15, 0.2) is 0 Å². The molecule has 0 heterocycles. The molecule has 1 saturated carbocycles. The lowest BCUT2D eigenvalue weighted by molar-refractivity contribution is -0.274. The van der Waals surface area contributed by atoms with E-state index in [1.165, 1.54) is 12.1 Å². The Balaban J connectivity index is 2.07. The number of hydrogen-bond donors (Lipinski definition) is 1. The second-order valence-electron chi connectivity index (χ2n) is 7.21. The van der Waals surface area contributed by atoms with E-state index in [-0.39, 0.29) is 11.2 Å². The highest BCUT2D eigenvalue weighted by molar-refractivity contribution is 5.47.